The van der Waals surface area contributed by atoms with Crippen LogP contribution >= 0.6 is 0 Å². The SMILES string of the molecule is CCNC(c1ccc(C)c(F)c1)C1CCc2cccnc21. The number of aromatic nitrogens is 1. The van der Waals surface area contributed by atoms with Gasteiger partial charge in [-0.3, -0.25) is 4.98 Å². The normalized spacial score (nSPS) is 18.5. The van der Waals surface area contributed by atoms with Crippen molar-refractivity contribution in [3.05, 3.63) is 64.7 Å². The van der Waals surface area contributed by atoms with Crippen molar-refractivity contribution in [1.82, 2.24) is 10.3 Å². The standard InChI is InChI=1S/C18H21FN2/c1-3-20-18(14-7-6-12(2)16(19)11-14)15-9-8-13-5-4-10-21-17(13)15/h4-7,10-11,15,18,20H,3,8-9H2,1-2H3. The molecule has 0 fully saturated rings. The van der Waals surface area contributed by atoms with Gasteiger partial charge in [0.15, 0.2) is 0 Å². The Kier molecular flexibility index (Phi) is 4.02. The molecule has 0 bridgehead atoms. The number of hydrogen-bond donors (Lipinski definition) is 1. The smallest absolute Gasteiger partial charge is 0.126 e. The summed E-state index contributed by atoms with van der Waals surface area (Å²) in [7, 11) is 0. The van der Waals surface area contributed by atoms with Gasteiger partial charge >= 0.3 is 0 Å². The van der Waals surface area contributed by atoms with Gasteiger partial charge in [-0.1, -0.05) is 25.1 Å². The lowest BCUT2D eigenvalue weighted by molar-refractivity contribution is 0.445. The monoisotopic (exact) mass is 284 g/mol. The molecule has 0 amide bonds. The quantitative estimate of drug-likeness (QED) is 0.920. The fraction of sp³-hybridized carbons (Fsp3) is 0.389. The van der Waals surface area contributed by atoms with Gasteiger partial charge in [0.1, 0.15) is 5.82 Å². The summed E-state index contributed by atoms with van der Waals surface area (Å²) in [6.45, 7) is 4.75. The summed E-state index contributed by atoms with van der Waals surface area (Å²) in [5.74, 6) is 0.193. The van der Waals surface area contributed by atoms with Gasteiger partial charge in [-0.2, -0.15) is 0 Å². The van der Waals surface area contributed by atoms with E-state index in [1.165, 1.54) is 11.3 Å². The Bertz CT molecular complexity index is 639. The molecule has 0 saturated carbocycles. The summed E-state index contributed by atoms with van der Waals surface area (Å²) in [5, 5.41) is 3.52. The van der Waals surface area contributed by atoms with Crippen LogP contribution in [0.25, 0.3) is 0 Å². The number of halogens is 1. The van der Waals surface area contributed by atoms with Crippen molar-refractivity contribution in [1.29, 1.82) is 0 Å². The highest BCUT2D eigenvalue weighted by Crippen LogP contribution is 2.40. The molecule has 110 valence electrons. The second kappa shape index (κ2) is 5.94. The van der Waals surface area contributed by atoms with E-state index in [4.69, 9.17) is 0 Å². The number of benzene rings is 1. The van der Waals surface area contributed by atoms with Crippen molar-refractivity contribution in [3.8, 4) is 0 Å². The van der Waals surface area contributed by atoms with Gasteiger partial charge in [0, 0.05) is 23.9 Å². The van der Waals surface area contributed by atoms with Gasteiger partial charge in [0.2, 0.25) is 0 Å². The van der Waals surface area contributed by atoms with E-state index in [2.05, 4.69) is 23.3 Å². The first-order chi connectivity index (χ1) is 10.2. The number of nitrogens with zero attached hydrogens (tertiary/aromatic N) is 1. The molecule has 2 unspecified atom stereocenters. The lowest BCUT2D eigenvalue weighted by atomic mass is 9.90. The summed E-state index contributed by atoms with van der Waals surface area (Å²) >= 11 is 0. The summed E-state index contributed by atoms with van der Waals surface area (Å²) < 4.78 is 13.9. The largest absolute Gasteiger partial charge is 0.310 e. The van der Waals surface area contributed by atoms with Crippen LogP contribution in [0.3, 0.4) is 0 Å². The number of fused-ring (bicyclic) bond motifs is 1. The second-order valence-electron chi connectivity index (χ2n) is 5.74. The summed E-state index contributed by atoms with van der Waals surface area (Å²) in [4.78, 5) is 4.58. The van der Waals surface area contributed by atoms with Gasteiger partial charge in [0.25, 0.3) is 0 Å². The Labute approximate surface area is 125 Å². The van der Waals surface area contributed by atoms with E-state index in [9.17, 15) is 4.39 Å². The first-order valence-corrected chi connectivity index (χ1v) is 7.64. The van der Waals surface area contributed by atoms with E-state index in [-0.39, 0.29) is 11.9 Å². The number of likely N-dealkylation sites (N-methyl/N-ethyl adjacent to an activating group) is 1. The third kappa shape index (κ3) is 2.70. The molecule has 1 aromatic heterocycles. The Morgan fingerprint density at radius 1 is 1.38 bits per heavy atom. The van der Waals surface area contributed by atoms with Crippen molar-refractivity contribution >= 4 is 0 Å². The van der Waals surface area contributed by atoms with Crippen LogP contribution < -0.4 is 5.32 Å². The molecule has 21 heavy (non-hydrogen) atoms. The van der Waals surface area contributed by atoms with Gasteiger partial charge in [-0.25, -0.2) is 4.39 Å². The number of aryl methyl sites for hydroxylation is 2. The highest BCUT2D eigenvalue weighted by atomic mass is 19.1. The molecular weight excluding hydrogens is 263 g/mol. The van der Waals surface area contributed by atoms with Gasteiger partial charge in [-0.05, 0) is 55.1 Å². The molecular formula is C18H21FN2. The van der Waals surface area contributed by atoms with E-state index < -0.39 is 0 Å². The molecule has 1 aliphatic carbocycles. The van der Waals surface area contributed by atoms with Crippen molar-refractivity contribution in [2.24, 2.45) is 0 Å². The lowest BCUT2D eigenvalue weighted by Crippen LogP contribution is -2.26. The lowest BCUT2D eigenvalue weighted by Gasteiger charge is -2.25. The minimum Gasteiger partial charge on any atom is -0.310 e. The topological polar surface area (TPSA) is 24.9 Å². The molecule has 1 aromatic carbocycles. The fourth-order valence-corrected chi connectivity index (χ4v) is 3.28. The van der Waals surface area contributed by atoms with E-state index >= 15 is 0 Å². The maximum atomic E-state index is 13.9. The molecule has 0 saturated heterocycles. The van der Waals surface area contributed by atoms with Crippen LogP contribution in [0.1, 0.15) is 47.7 Å². The molecule has 1 heterocycles. The van der Waals surface area contributed by atoms with Gasteiger partial charge < -0.3 is 5.32 Å². The minimum atomic E-state index is -0.130. The molecule has 2 aromatic rings. The maximum absolute atomic E-state index is 13.9. The van der Waals surface area contributed by atoms with Crippen LogP contribution in [-0.4, -0.2) is 11.5 Å². The maximum Gasteiger partial charge on any atom is 0.126 e. The third-order valence-electron chi connectivity index (χ3n) is 4.38. The van der Waals surface area contributed by atoms with Crippen LogP contribution in [0.4, 0.5) is 4.39 Å². The zero-order chi connectivity index (χ0) is 14.8. The molecule has 2 nitrogen and oxygen atoms in total. The molecule has 3 rings (SSSR count). The Morgan fingerprint density at radius 3 is 3.00 bits per heavy atom. The summed E-state index contributed by atoms with van der Waals surface area (Å²) in [6.07, 6.45) is 3.99. The Morgan fingerprint density at radius 2 is 2.24 bits per heavy atom. The molecule has 1 N–H and O–H groups in total. The van der Waals surface area contributed by atoms with Crippen LogP contribution in [0.2, 0.25) is 0 Å². The van der Waals surface area contributed by atoms with Crippen LogP contribution in [0.5, 0.6) is 0 Å². The van der Waals surface area contributed by atoms with Crippen LogP contribution in [-0.2, 0) is 6.42 Å². The van der Waals surface area contributed by atoms with E-state index in [0.717, 1.165) is 24.9 Å². The highest BCUT2D eigenvalue weighted by Gasteiger charge is 2.31. The molecule has 3 heteroatoms. The minimum absolute atomic E-state index is 0.126. The van der Waals surface area contributed by atoms with Crippen LogP contribution in [0.15, 0.2) is 36.5 Å². The van der Waals surface area contributed by atoms with Crippen molar-refractivity contribution in [3.63, 3.8) is 0 Å². The summed E-state index contributed by atoms with van der Waals surface area (Å²) in [5.41, 5.74) is 4.21. The van der Waals surface area contributed by atoms with Gasteiger partial charge in [-0.15, -0.1) is 0 Å². The van der Waals surface area contributed by atoms with Crippen LogP contribution in [0, 0.1) is 12.7 Å². The number of hydrogen-bond acceptors (Lipinski definition) is 2. The average Bonchev–Trinajstić information content (AvgIpc) is 2.92. The average molecular weight is 284 g/mol. The fourth-order valence-electron chi connectivity index (χ4n) is 3.28. The van der Waals surface area contributed by atoms with Crippen molar-refractivity contribution in [2.75, 3.05) is 6.54 Å². The second-order valence-corrected chi connectivity index (χ2v) is 5.74. The molecule has 2 atom stereocenters. The molecule has 1 aliphatic rings. The highest BCUT2D eigenvalue weighted by molar-refractivity contribution is 5.34. The number of nitrogens with one attached hydrogen (secondary N) is 1. The molecule has 0 aliphatic heterocycles. The van der Waals surface area contributed by atoms with Crippen molar-refractivity contribution in [2.45, 2.75) is 38.6 Å². The van der Waals surface area contributed by atoms with E-state index in [1.807, 2.05) is 24.4 Å². The van der Waals surface area contributed by atoms with Gasteiger partial charge in [0.05, 0.1) is 0 Å². The van der Waals surface area contributed by atoms with Crippen molar-refractivity contribution < 1.29 is 4.39 Å². The zero-order valence-electron chi connectivity index (χ0n) is 12.6. The molecule has 0 spiro atoms. The molecule has 0 radical (unpaired) electrons. The third-order valence-corrected chi connectivity index (χ3v) is 4.38. The number of pyridine rings is 1. The Balaban J connectivity index is 1.97. The Hall–Kier alpha value is -1.74. The first-order valence-electron chi connectivity index (χ1n) is 7.64. The summed E-state index contributed by atoms with van der Waals surface area (Å²) in [6, 6.07) is 9.84. The predicted molar refractivity (Wildman–Crippen MR) is 82.9 cm³/mol. The van der Waals surface area contributed by atoms with E-state index in [0.29, 0.717) is 11.5 Å². The van der Waals surface area contributed by atoms with E-state index in [1.54, 1.807) is 13.0 Å². The number of rotatable bonds is 4. The zero-order valence-corrected chi connectivity index (χ0v) is 12.6. The first kappa shape index (κ1) is 14.2. The predicted octanol–water partition coefficient (Wildman–Crippen LogP) is 3.91.